The third-order valence-electron chi connectivity index (χ3n) is 6.22. The third kappa shape index (κ3) is 3.87. The first-order valence-electron chi connectivity index (χ1n) is 10.3. The lowest BCUT2D eigenvalue weighted by molar-refractivity contribution is -0.914. The molecule has 2 aromatic rings. The number of pyridine rings is 1. The number of aromatic nitrogens is 1. The molecule has 0 radical (unpaired) electrons. The Hall–Kier alpha value is -2.11. The Labute approximate surface area is 166 Å². The minimum absolute atomic E-state index is 0.118. The van der Waals surface area contributed by atoms with Gasteiger partial charge in [-0.3, -0.25) is 4.79 Å². The van der Waals surface area contributed by atoms with E-state index >= 15 is 0 Å². The summed E-state index contributed by atoms with van der Waals surface area (Å²) in [6, 6.07) is 9.85. The zero-order valence-corrected chi connectivity index (χ0v) is 17.1. The number of rotatable bonds is 5. The number of aryl methyl sites for hydroxylation is 3. The fourth-order valence-corrected chi connectivity index (χ4v) is 5.25. The van der Waals surface area contributed by atoms with Gasteiger partial charge in [0.2, 0.25) is 0 Å². The van der Waals surface area contributed by atoms with Crippen molar-refractivity contribution in [3.8, 4) is 5.75 Å². The van der Waals surface area contributed by atoms with Gasteiger partial charge in [-0.05, 0) is 44.4 Å². The van der Waals surface area contributed by atoms with Crippen molar-refractivity contribution in [2.24, 2.45) is 5.92 Å². The molecule has 1 aromatic carbocycles. The molecular formula is C23H31N2O3+. The highest BCUT2D eigenvalue weighted by Crippen LogP contribution is 2.30. The minimum Gasteiger partial charge on any atom is -0.490 e. The predicted octanol–water partition coefficient (Wildman–Crippen LogP) is 1.22. The summed E-state index contributed by atoms with van der Waals surface area (Å²) in [7, 11) is 0. The van der Waals surface area contributed by atoms with Crippen LogP contribution < -0.4 is 15.2 Å². The van der Waals surface area contributed by atoms with Gasteiger partial charge in [0.05, 0.1) is 13.1 Å². The van der Waals surface area contributed by atoms with Crippen LogP contribution in [0.25, 0.3) is 0 Å². The highest BCUT2D eigenvalue weighted by Gasteiger charge is 2.37. The van der Waals surface area contributed by atoms with Gasteiger partial charge in [0, 0.05) is 30.1 Å². The fourth-order valence-electron chi connectivity index (χ4n) is 5.25. The number of ether oxygens (including phenoxy) is 1. The van der Waals surface area contributed by atoms with E-state index in [-0.39, 0.29) is 5.56 Å². The van der Waals surface area contributed by atoms with Crippen LogP contribution >= 0.6 is 0 Å². The van der Waals surface area contributed by atoms with Crippen LogP contribution in [0.4, 0.5) is 0 Å². The molecule has 0 amide bonds. The standard InChI is InChI=1S/C23H30N2O3/c1-15-7-16(2)23(17(3)8-15)28-14-20(26)13-24-10-18-9-19(12-24)21-5-4-6-22(27)25(21)11-18/h4-8,18-20,26H,9-14H2,1-3H3/p+1/t18-,19+,20?/m1/s1. The number of likely N-dealkylation sites (tertiary alicyclic amines) is 1. The van der Waals surface area contributed by atoms with E-state index in [0.29, 0.717) is 25.0 Å². The molecule has 4 rings (SSSR count). The second-order valence-corrected chi connectivity index (χ2v) is 8.75. The highest BCUT2D eigenvalue weighted by molar-refractivity contribution is 5.42. The zero-order chi connectivity index (χ0) is 19.8. The lowest BCUT2D eigenvalue weighted by Crippen LogP contribution is -3.15. The number of aliphatic hydroxyl groups excluding tert-OH is 1. The molecule has 0 saturated carbocycles. The number of benzene rings is 1. The second kappa shape index (κ2) is 7.72. The highest BCUT2D eigenvalue weighted by atomic mass is 16.5. The van der Waals surface area contributed by atoms with Crippen LogP contribution in [0.2, 0.25) is 0 Å². The molecule has 1 aromatic heterocycles. The molecule has 28 heavy (non-hydrogen) atoms. The summed E-state index contributed by atoms with van der Waals surface area (Å²) in [4.78, 5) is 13.6. The number of quaternary nitrogens is 1. The van der Waals surface area contributed by atoms with Gasteiger partial charge < -0.3 is 19.3 Å². The van der Waals surface area contributed by atoms with Crippen molar-refractivity contribution in [1.82, 2.24) is 4.57 Å². The average molecular weight is 384 g/mol. The van der Waals surface area contributed by atoms with Gasteiger partial charge in [-0.2, -0.15) is 0 Å². The van der Waals surface area contributed by atoms with E-state index in [1.54, 1.807) is 6.07 Å². The molecular weight excluding hydrogens is 352 g/mol. The van der Waals surface area contributed by atoms with E-state index in [4.69, 9.17) is 4.74 Å². The molecule has 150 valence electrons. The summed E-state index contributed by atoms with van der Waals surface area (Å²) < 4.78 is 7.94. The maximum Gasteiger partial charge on any atom is 0.250 e. The second-order valence-electron chi connectivity index (χ2n) is 8.75. The quantitative estimate of drug-likeness (QED) is 0.816. The van der Waals surface area contributed by atoms with Gasteiger partial charge in [-0.1, -0.05) is 23.8 Å². The van der Waals surface area contributed by atoms with Crippen LogP contribution in [0.5, 0.6) is 5.75 Å². The number of nitrogens with one attached hydrogen (secondary N) is 1. The van der Waals surface area contributed by atoms with E-state index in [1.165, 1.54) is 10.5 Å². The monoisotopic (exact) mass is 383 g/mol. The summed E-state index contributed by atoms with van der Waals surface area (Å²) in [5, 5.41) is 10.6. The fraction of sp³-hybridized carbons (Fsp3) is 0.522. The molecule has 3 heterocycles. The Bertz CT molecular complexity index is 897. The summed E-state index contributed by atoms with van der Waals surface area (Å²) in [5.41, 5.74) is 4.75. The molecule has 2 bridgehead atoms. The van der Waals surface area contributed by atoms with Gasteiger partial charge in [0.1, 0.15) is 25.0 Å². The maximum atomic E-state index is 12.1. The number of piperidine rings is 1. The van der Waals surface area contributed by atoms with Crippen molar-refractivity contribution in [3.63, 3.8) is 0 Å². The SMILES string of the molecule is Cc1cc(C)c(OCC(O)C[NH+]2C[C@H]3C[C@@H](C2)c2cccc(=O)n2C3)c(C)c1. The minimum atomic E-state index is -0.494. The lowest BCUT2D eigenvalue weighted by atomic mass is 9.83. The van der Waals surface area contributed by atoms with E-state index in [0.717, 1.165) is 48.6 Å². The first-order chi connectivity index (χ1) is 13.4. The molecule has 2 aliphatic heterocycles. The van der Waals surface area contributed by atoms with Crippen molar-refractivity contribution in [2.45, 2.75) is 45.8 Å². The lowest BCUT2D eigenvalue weighted by Gasteiger charge is -2.40. The van der Waals surface area contributed by atoms with Gasteiger partial charge in [-0.25, -0.2) is 0 Å². The molecule has 5 nitrogen and oxygen atoms in total. The predicted molar refractivity (Wildman–Crippen MR) is 109 cm³/mol. The van der Waals surface area contributed by atoms with Crippen molar-refractivity contribution < 1.29 is 14.7 Å². The molecule has 1 saturated heterocycles. The average Bonchev–Trinajstić information content (AvgIpc) is 2.61. The smallest absolute Gasteiger partial charge is 0.250 e. The van der Waals surface area contributed by atoms with Crippen LogP contribution in [0.15, 0.2) is 35.1 Å². The molecule has 2 N–H and O–H groups in total. The van der Waals surface area contributed by atoms with Gasteiger partial charge in [-0.15, -0.1) is 0 Å². The Balaban J connectivity index is 1.37. The van der Waals surface area contributed by atoms with Crippen LogP contribution in [-0.2, 0) is 6.54 Å². The van der Waals surface area contributed by atoms with Gasteiger partial charge >= 0.3 is 0 Å². The Morgan fingerprint density at radius 2 is 1.96 bits per heavy atom. The Morgan fingerprint density at radius 1 is 1.21 bits per heavy atom. The molecule has 2 aliphatic rings. The van der Waals surface area contributed by atoms with E-state index in [2.05, 4.69) is 39.0 Å². The molecule has 0 spiro atoms. The maximum absolute atomic E-state index is 12.1. The van der Waals surface area contributed by atoms with Gasteiger partial charge in [0.15, 0.2) is 0 Å². The Kier molecular flexibility index (Phi) is 5.30. The van der Waals surface area contributed by atoms with Crippen LogP contribution in [0.3, 0.4) is 0 Å². The molecule has 5 heteroatoms. The molecule has 4 atom stereocenters. The molecule has 2 unspecified atom stereocenters. The first kappa shape index (κ1) is 19.2. The van der Waals surface area contributed by atoms with E-state index in [9.17, 15) is 9.90 Å². The number of fused-ring (bicyclic) bond motifs is 4. The number of nitrogens with zero attached hydrogens (tertiary/aromatic N) is 1. The van der Waals surface area contributed by atoms with Gasteiger partial charge in [0.25, 0.3) is 5.56 Å². The van der Waals surface area contributed by atoms with Crippen LogP contribution in [0, 0.1) is 26.7 Å². The molecule has 0 aliphatic carbocycles. The summed E-state index contributed by atoms with van der Waals surface area (Å²) >= 11 is 0. The van der Waals surface area contributed by atoms with Crippen LogP contribution in [-0.4, -0.2) is 42.0 Å². The zero-order valence-electron chi connectivity index (χ0n) is 17.1. The van der Waals surface area contributed by atoms with Crippen molar-refractivity contribution in [3.05, 3.63) is 63.1 Å². The largest absolute Gasteiger partial charge is 0.490 e. The number of aliphatic hydroxyl groups is 1. The van der Waals surface area contributed by atoms with Crippen molar-refractivity contribution >= 4 is 0 Å². The van der Waals surface area contributed by atoms with Crippen LogP contribution in [0.1, 0.15) is 34.7 Å². The number of hydrogen-bond donors (Lipinski definition) is 2. The number of hydrogen-bond acceptors (Lipinski definition) is 3. The third-order valence-corrected chi connectivity index (χ3v) is 6.22. The topological polar surface area (TPSA) is 55.9 Å². The molecule has 1 fully saturated rings. The first-order valence-corrected chi connectivity index (χ1v) is 10.3. The van der Waals surface area contributed by atoms with Crippen molar-refractivity contribution in [1.29, 1.82) is 0 Å². The van der Waals surface area contributed by atoms with E-state index in [1.807, 2.05) is 10.6 Å². The Morgan fingerprint density at radius 3 is 2.71 bits per heavy atom. The summed E-state index contributed by atoms with van der Waals surface area (Å²) in [5.74, 6) is 1.81. The van der Waals surface area contributed by atoms with Crippen molar-refractivity contribution in [2.75, 3.05) is 26.2 Å². The normalized spacial score (nSPS) is 24.5. The summed E-state index contributed by atoms with van der Waals surface area (Å²) in [6.45, 7) is 9.99. The van der Waals surface area contributed by atoms with E-state index < -0.39 is 6.10 Å². The summed E-state index contributed by atoms with van der Waals surface area (Å²) in [6.07, 6.45) is 0.660.